The zero-order valence-electron chi connectivity index (χ0n) is 21.2. The topological polar surface area (TPSA) is 85.7 Å². The van der Waals surface area contributed by atoms with Gasteiger partial charge in [0.25, 0.3) is 0 Å². The van der Waals surface area contributed by atoms with Crippen molar-refractivity contribution in [3.05, 3.63) is 96.6 Å². The quantitative estimate of drug-likeness (QED) is 0.246. The van der Waals surface area contributed by atoms with Gasteiger partial charge in [0.1, 0.15) is 18.0 Å². The molecule has 0 spiro atoms. The Bertz CT molecular complexity index is 1460. The normalized spacial score (nSPS) is 11.1. The first-order valence-corrected chi connectivity index (χ1v) is 12.0. The molecule has 0 aliphatic heterocycles. The van der Waals surface area contributed by atoms with Gasteiger partial charge in [0.15, 0.2) is 11.6 Å². The number of ether oxygens (including phenoxy) is 2. The van der Waals surface area contributed by atoms with Gasteiger partial charge in [-0.3, -0.25) is 14.3 Å². The van der Waals surface area contributed by atoms with Crippen LogP contribution in [0.1, 0.15) is 12.0 Å². The maximum Gasteiger partial charge on any atom is 0.416 e. The second kappa shape index (κ2) is 12.3. The number of nitrogens with zero attached hydrogens (tertiary/aromatic N) is 3. The van der Waals surface area contributed by atoms with Crippen molar-refractivity contribution in [2.24, 2.45) is 0 Å². The van der Waals surface area contributed by atoms with Crippen molar-refractivity contribution >= 4 is 23.2 Å². The molecule has 0 fully saturated rings. The maximum absolute atomic E-state index is 14.7. The Morgan fingerprint density at radius 1 is 1.00 bits per heavy atom. The number of nitrogens with one attached hydrogen (secondary N) is 1. The van der Waals surface area contributed by atoms with E-state index in [2.05, 4.69) is 10.4 Å². The number of anilines is 2. The van der Waals surface area contributed by atoms with Crippen molar-refractivity contribution < 1.29 is 36.6 Å². The molecule has 8 nitrogen and oxygen atoms in total. The third-order valence-corrected chi connectivity index (χ3v) is 5.64. The molecular formula is C28H24F4N4O4. The highest BCUT2D eigenvalue weighted by Crippen LogP contribution is 2.32. The van der Waals surface area contributed by atoms with Crippen LogP contribution in [0, 0.1) is 5.82 Å². The lowest BCUT2D eigenvalue weighted by Gasteiger charge is -2.18. The van der Waals surface area contributed by atoms with Crippen LogP contribution in [0.25, 0.3) is 0 Å². The Labute approximate surface area is 226 Å². The van der Waals surface area contributed by atoms with Gasteiger partial charge in [-0.15, -0.1) is 0 Å². The number of carbonyl (C=O) groups is 2. The lowest BCUT2D eigenvalue weighted by molar-refractivity contribution is -0.137. The number of hydrogen-bond acceptors (Lipinski definition) is 5. The van der Waals surface area contributed by atoms with E-state index in [-0.39, 0.29) is 42.7 Å². The number of halogens is 4. The molecule has 0 radical (unpaired) electrons. The van der Waals surface area contributed by atoms with E-state index in [9.17, 15) is 27.2 Å². The fourth-order valence-electron chi connectivity index (χ4n) is 3.53. The molecule has 2 amide bonds. The number of hydrogen-bond donors (Lipinski definition) is 1. The van der Waals surface area contributed by atoms with Crippen molar-refractivity contribution in [1.29, 1.82) is 0 Å². The monoisotopic (exact) mass is 556 g/mol. The molecule has 0 unspecified atom stereocenters. The Kier molecular flexibility index (Phi) is 8.67. The van der Waals surface area contributed by atoms with E-state index in [1.807, 2.05) is 18.2 Å². The van der Waals surface area contributed by atoms with Gasteiger partial charge in [0, 0.05) is 25.0 Å². The largest absolute Gasteiger partial charge is 0.493 e. The van der Waals surface area contributed by atoms with E-state index in [1.54, 1.807) is 12.1 Å². The van der Waals surface area contributed by atoms with Gasteiger partial charge in [-0.25, -0.2) is 4.39 Å². The van der Waals surface area contributed by atoms with Crippen LogP contribution >= 0.6 is 0 Å². The highest BCUT2D eigenvalue weighted by molar-refractivity contribution is 5.93. The van der Waals surface area contributed by atoms with Gasteiger partial charge in [-0.05, 0) is 48.5 Å². The molecule has 0 saturated carbocycles. The molecule has 0 aliphatic rings. The van der Waals surface area contributed by atoms with Crippen LogP contribution < -0.4 is 19.7 Å². The van der Waals surface area contributed by atoms with E-state index in [0.717, 1.165) is 30.3 Å². The average Bonchev–Trinajstić information content (AvgIpc) is 3.36. The van der Waals surface area contributed by atoms with Gasteiger partial charge in [-0.1, -0.05) is 18.2 Å². The first-order chi connectivity index (χ1) is 19.1. The molecule has 4 rings (SSSR count). The predicted octanol–water partition coefficient (Wildman–Crippen LogP) is 5.90. The Morgan fingerprint density at radius 3 is 2.40 bits per heavy atom. The second-order valence-electron chi connectivity index (χ2n) is 8.58. The smallest absolute Gasteiger partial charge is 0.416 e. The minimum absolute atomic E-state index is 0.0226. The molecule has 0 aliphatic carbocycles. The molecule has 1 aromatic heterocycles. The first kappa shape index (κ1) is 28.1. The minimum atomic E-state index is -4.49. The second-order valence-corrected chi connectivity index (χ2v) is 8.58. The lowest BCUT2D eigenvalue weighted by atomic mass is 10.2. The molecule has 208 valence electrons. The molecule has 12 heteroatoms. The van der Waals surface area contributed by atoms with Gasteiger partial charge in [0.2, 0.25) is 11.8 Å². The van der Waals surface area contributed by atoms with Crippen LogP contribution in [-0.4, -0.2) is 35.2 Å². The number of aromatic nitrogens is 2. The third-order valence-electron chi connectivity index (χ3n) is 5.64. The fourth-order valence-corrected chi connectivity index (χ4v) is 3.53. The molecule has 0 saturated heterocycles. The van der Waals surface area contributed by atoms with Crippen LogP contribution in [0.15, 0.2) is 85.2 Å². The van der Waals surface area contributed by atoms with Gasteiger partial charge in [-0.2, -0.15) is 18.3 Å². The zero-order valence-corrected chi connectivity index (χ0v) is 21.2. The summed E-state index contributed by atoms with van der Waals surface area (Å²) in [5.41, 5.74) is -0.228. The third kappa shape index (κ3) is 7.59. The highest BCUT2D eigenvalue weighted by Gasteiger charge is 2.30. The SMILES string of the molecule is CN(C(=O)Cn1cc(NC(=O)CCOc2ccccc2)cn1)c1ccc(Oc2ccc(C(F)(F)F)cc2)c(F)c1. The number of likely N-dealkylation sites (N-methyl/N-ethyl adjacent to an activating group) is 1. The summed E-state index contributed by atoms with van der Waals surface area (Å²) >= 11 is 0. The van der Waals surface area contributed by atoms with Crippen molar-refractivity contribution in [2.75, 3.05) is 23.9 Å². The van der Waals surface area contributed by atoms with E-state index in [4.69, 9.17) is 9.47 Å². The van der Waals surface area contributed by atoms with Crippen LogP contribution in [0.3, 0.4) is 0 Å². The van der Waals surface area contributed by atoms with E-state index >= 15 is 0 Å². The number of rotatable bonds is 10. The molecule has 40 heavy (non-hydrogen) atoms. The summed E-state index contributed by atoms with van der Waals surface area (Å²) in [6.45, 7) is 0.00685. The van der Waals surface area contributed by atoms with Gasteiger partial charge >= 0.3 is 6.18 Å². The Morgan fingerprint density at radius 2 is 1.73 bits per heavy atom. The average molecular weight is 557 g/mol. The van der Waals surface area contributed by atoms with Crippen molar-refractivity contribution in [1.82, 2.24) is 9.78 Å². The summed E-state index contributed by atoms with van der Waals surface area (Å²) in [6.07, 6.45) is -1.49. The number of para-hydroxylation sites is 1. The summed E-state index contributed by atoms with van der Waals surface area (Å²) < 4.78 is 65.0. The number of benzene rings is 3. The summed E-state index contributed by atoms with van der Waals surface area (Å²) in [6, 6.07) is 16.7. The van der Waals surface area contributed by atoms with Gasteiger partial charge < -0.3 is 19.7 Å². The van der Waals surface area contributed by atoms with Crippen LogP contribution in [0.2, 0.25) is 0 Å². The Hall–Kier alpha value is -4.87. The predicted molar refractivity (Wildman–Crippen MR) is 139 cm³/mol. The number of alkyl halides is 3. The van der Waals surface area contributed by atoms with Crippen LogP contribution in [0.5, 0.6) is 17.2 Å². The van der Waals surface area contributed by atoms with E-state index < -0.39 is 23.5 Å². The van der Waals surface area contributed by atoms with Crippen LogP contribution in [-0.2, 0) is 22.3 Å². The summed E-state index contributed by atoms with van der Waals surface area (Å²) in [7, 11) is 1.45. The molecule has 0 atom stereocenters. The minimum Gasteiger partial charge on any atom is -0.493 e. The number of amides is 2. The standard InChI is InChI=1S/C28H24F4N4O4/c1-35(21-9-12-25(24(29)15-21)40-23-10-7-19(8-11-23)28(30,31)32)27(38)18-36-17-20(16-33-36)34-26(37)13-14-39-22-5-3-2-4-6-22/h2-12,15-17H,13-14,18H2,1H3,(H,34,37). The zero-order chi connectivity index (χ0) is 28.7. The summed E-state index contributed by atoms with van der Waals surface area (Å²) in [5, 5.41) is 6.75. The molecular weight excluding hydrogens is 532 g/mol. The molecule has 1 heterocycles. The first-order valence-electron chi connectivity index (χ1n) is 12.0. The molecule has 4 aromatic rings. The van der Waals surface area contributed by atoms with E-state index in [1.165, 1.54) is 41.2 Å². The molecule has 1 N–H and O–H groups in total. The molecule has 0 bridgehead atoms. The number of carbonyl (C=O) groups excluding carboxylic acids is 2. The van der Waals surface area contributed by atoms with E-state index in [0.29, 0.717) is 11.4 Å². The highest BCUT2D eigenvalue weighted by atomic mass is 19.4. The lowest BCUT2D eigenvalue weighted by Crippen LogP contribution is -2.30. The van der Waals surface area contributed by atoms with Crippen molar-refractivity contribution in [2.45, 2.75) is 19.1 Å². The summed E-state index contributed by atoms with van der Waals surface area (Å²) in [4.78, 5) is 26.1. The Balaban J connectivity index is 1.28. The van der Waals surface area contributed by atoms with Crippen molar-refractivity contribution in [3.8, 4) is 17.2 Å². The summed E-state index contributed by atoms with van der Waals surface area (Å²) in [5.74, 6) is -1.05. The fraction of sp³-hybridized carbons (Fsp3) is 0.179. The van der Waals surface area contributed by atoms with Gasteiger partial charge in [0.05, 0.1) is 30.5 Å². The maximum atomic E-state index is 14.7. The van der Waals surface area contributed by atoms with Crippen LogP contribution in [0.4, 0.5) is 28.9 Å². The molecule has 3 aromatic carbocycles. The van der Waals surface area contributed by atoms with Crippen molar-refractivity contribution in [3.63, 3.8) is 0 Å².